The molecule has 0 amide bonds. The number of rotatable bonds is 1. The summed E-state index contributed by atoms with van der Waals surface area (Å²) in [6.45, 7) is 6.68. The van der Waals surface area contributed by atoms with Gasteiger partial charge in [-0.15, -0.1) is 0 Å². The highest BCUT2D eigenvalue weighted by Crippen LogP contribution is 2.31. The molecular formula is C12H22O. The molecule has 0 saturated heterocycles. The maximum atomic E-state index is 11.7. The first-order valence-electron chi connectivity index (χ1n) is 5.52. The van der Waals surface area contributed by atoms with Crippen LogP contribution in [-0.2, 0) is 4.79 Å². The first kappa shape index (κ1) is 10.7. The van der Waals surface area contributed by atoms with Crippen molar-refractivity contribution in [3.63, 3.8) is 0 Å². The van der Waals surface area contributed by atoms with Crippen molar-refractivity contribution in [1.29, 1.82) is 0 Å². The van der Waals surface area contributed by atoms with Gasteiger partial charge in [0, 0.05) is 12.3 Å². The zero-order valence-corrected chi connectivity index (χ0v) is 9.23. The van der Waals surface area contributed by atoms with Crippen molar-refractivity contribution in [3.05, 3.63) is 0 Å². The SMILES string of the molecule is CC(C)(C)CC1CCCCCC1=O. The molecule has 1 aliphatic rings. The third-order valence-corrected chi connectivity index (χ3v) is 2.79. The Morgan fingerprint density at radius 2 is 1.92 bits per heavy atom. The molecule has 1 fully saturated rings. The summed E-state index contributed by atoms with van der Waals surface area (Å²) in [5.41, 5.74) is 0.310. The van der Waals surface area contributed by atoms with Crippen molar-refractivity contribution in [2.45, 2.75) is 59.3 Å². The van der Waals surface area contributed by atoms with Gasteiger partial charge in [0.25, 0.3) is 0 Å². The summed E-state index contributed by atoms with van der Waals surface area (Å²) in [7, 11) is 0. The van der Waals surface area contributed by atoms with Crippen molar-refractivity contribution in [2.75, 3.05) is 0 Å². The first-order chi connectivity index (χ1) is 5.99. The fourth-order valence-electron chi connectivity index (χ4n) is 2.19. The van der Waals surface area contributed by atoms with E-state index in [0.29, 0.717) is 17.1 Å². The Hall–Kier alpha value is -0.330. The number of carbonyl (C=O) groups excluding carboxylic acids is 1. The number of ketones is 1. The molecule has 1 saturated carbocycles. The molecule has 1 nitrogen and oxygen atoms in total. The van der Waals surface area contributed by atoms with Crippen molar-refractivity contribution in [2.24, 2.45) is 11.3 Å². The Balaban J connectivity index is 2.50. The minimum Gasteiger partial charge on any atom is -0.299 e. The van der Waals surface area contributed by atoms with Crippen LogP contribution in [-0.4, -0.2) is 5.78 Å². The summed E-state index contributed by atoms with van der Waals surface area (Å²) >= 11 is 0. The topological polar surface area (TPSA) is 17.1 Å². The van der Waals surface area contributed by atoms with Gasteiger partial charge in [0.2, 0.25) is 0 Å². The molecule has 1 aliphatic carbocycles. The van der Waals surface area contributed by atoms with Crippen LogP contribution < -0.4 is 0 Å². The molecular weight excluding hydrogens is 160 g/mol. The third-order valence-electron chi connectivity index (χ3n) is 2.79. The molecule has 76 valence electrons. The molecule has 0 radical (unpaired) electrons. The highest BCUT2D eigenvalue weighted by molar-refractivity contribution is 5.81. The summed E-state index contributed by atoms with van der Waals surface area (Å²) < 4.78 is 0. The second kappa shape index (κ2) is 4.26. The van der Waals surface area contributed by atoms with Crippen molar-refractivity contribution in [3.8, 4) is 0 Å². The van der Waals surface area contributed by atoms with E-state index >= 15 is 0 Å². The van der Waals surface area contributed by atoms with Crippen LogP contribution >= 0.6 is 0 Å². The summed E-state index contributed by atoms with van der Waals surface area (Å²) in [5.74, 6) is 0.884. The van der Waals surface area contributed by atoms with Gasteiger partial charge in [0.1, 0.15) is 5.78 Å². The van der Waals surface area contributed by atoms with E-state index in [9.17, 15) is 4.79 Å². The standard InChI is InChI=1S/C12H22O/c1-12(2,3)9-10-7-5-4-6-8-11(10)13/h10H,4-9H2,1-3H3. The van der Waals surface area contributed by atoms with Gasteiger partial charge in [-0.05, 0) is 24.7 Å². The highest BCUT2D eigenvalue weighted by atomic mass is 16.1. The molecule has 0 aromatic rings. The predicted octanol–water partition coefficient (Wildman–Crippen LogP) is 3.57. The Morgan fingerprint density at radius 1 is 1.23 bits per heavy atom. The quantitative estimate of drug-likeness (QED) is 0.566. The van der Waals surface area contributed by atoms with Crippen LogP contribution in [0.3, 0.4) is 0 Å². The van der Waals surface area contributed by atoms with Crippen LogP contribution in [0, 0.1) is 11.3 Å². The van der Waals surface area contributed by atoms with Crippen LogP contribution in [0.1, 0.15) is 59.3 Å². The molecule has 0 heterocycles. The van der Waals surface area contributed by atoms with Crippen LogP contribution in [0.2, 0.25) is 0 Å². The molecule has 0 bridgehead atoms. The fourth-order valence-corrected chi connectivity index (χ4v) is 2.19. The van der Waals surface area contributed by atoms with E-state index in [0.717, 1.165) is 25.7 Å². The lowest BCUT2D eigenvalue weighted by atomic mass is 9.81. The third kappa shape index (κ3) is 3.93. The minimum absolute atomic E-state index is 0.310. The molecule has 1 rings (SSSR count). The van der Waals surface area contributed by atoms with Gasteiger partial charge in [-0.25, -0.2) is 0 Å². The lowest BCUT2D eigenvalue weighted by molar-refractivity contribution is -0.123. The molecule has 0 aromatic carbocycles. The summed E-state index contributed by atoms with van der Waals surface area (Å²) in [6, 6.07) is 0. The van der Waals surface area contributed by atoms with Crippen LogP contribution in [0.15, 0.2) is 0 Å². The normalized spacial score (nSPS) is 25.8. The second-order valence-electron chi connectivity index (χ2n) is 5.53. The number of hydrogen-bond donors (Lipinski definition) is 0. The second-order valence-corrected chi connectivity index (χ2v) is 5.53. The maximum absolute atomic E-state index is 11.7. The largest absolute Gasteiger partial charge is 0.299 e. The zero-order valence-electron chi connectivity index (χ0n) is 9.23. The van der Waals surface area contributed by atoms with E-state index in [4.69, 9.17) is 0 Å². The van der Waals surface area contributed by atoms with Gasteiger partial charge < -0.3 is 0 Å². The molecule has 13 heavy (non-hydrogen) atoms. The highest BCUT2D eigenvalue weighted by Gasteiger charge is 2.25. The Morgan fingerprint density at radius 3 is 2.54 bits per heavy atom. The van der Waals surface area contributed by atoms with E-state index in [1.807, 2.05) is 0 Å². The van der Waals surface area contributed by atoms with Crippen LogP contribution in [0.25, 0.3) is 0 Å². The Kier molecular flexibility index (Phi) is 3.52. The lowest BCUT2D eigenvalue weighted by Crippen LogP contribution is -2.19. The molecule has 0 aromatic heterocycles. The molecule has 0 aliphatic heterocycles. The molecule has 0 N–H and O–H groups in total. The summed E-state index contributed by atoms with van der Waals surface area (Å²) in [5, 5.41) is 0. The minimum atomic E-state index is 0.310. The first-order valence-corrected chi connectivity index (χ1v) is 5.52. The van der Waals surface area contributed by atoms with E-state index < -0.39 is 0 Å². The van der Waals surface area contributed by atoms with Gasteiger partial charge >= 0.3 is 0 Å². The predicted molar refractivity (Wildman–Crippen MR) is 55.7 cm³/mol. The van der Waals surface area contributed by atoms with Gasteiger partial charge in [-0.2, -0.15) is 0 Å². The summed E-state index contributed by atoms with van der Waals surface area (Å²) in [6.07, 6.45) is 6.68. The van der Waals surface area contributed by atoms with Gasteiger partial charge in [-0.3, -0.25) is 4.79 Å². The maximum Gasteiger partial charge on any atom is 0.135 e. The molecule has 0 spiro atoms. The number of Topliss-reactive ketones (excluding diaryl/α,β-unsaturated/α-hetero) is 1. The van der Waals surface area contributed by atoms with Crippen LogP contribution in [0.4, 0.5) is 0 Å². The average molecular weight is 182 g/mol. The summed E-state index contributed by atoms with van der Waals surface area (Å²) in [4.78, 5) is 11.7. The lowest BCUT2D eigenvalue weighted by Gasteiger charge is -2.23. The van der Waals surface area contributed by atoms with E-state index in [1.54, 1.807) is 0 Å². The van der Waals surface area contributed by atoms with E-state index in [2.05, 4.69) is 20.8 Å². The monoisotopic (exact) mass is 182 g/mol. The van der Waals surface area contributed by atoms with Crippen LogP contribution in [0.5, 0.6) is 0 Å². The Labute approximate surface area is 81.9 Å². The van der Waals surface area contributed by atoms with Gasteiger partial charge in [-0.1, -0.05) is 33.6 Å². The molecule has 1 heteroatoms. The average Bonchev–Trinajstić information content (AvgIpc) is 2.14. The molecule has 1 atom stereocenters. The number of carbonyl (C=O) groups is 1. The van der Waals surface area contributed by atoms with Crippen molar-refractivity contribution in [1.82, 2.24) is 0 Å². The van der Waals surface area contributed by atoms with E-state index in [1.165, 1.54) is 12.8 Å². The zero-order chi connectivity index (χ0) is 9.90. The molecule has 1 unspecified atom stereocenters. The van der Waals surface area contributed by atoms with Crippen molar-refractivity contribution < 1.29 is 4.79 Å². The van der Waals surface area contributed by atoms with Gasteiger partial charge in [0.05, 0.1) is 0 Å². The fraction of sp³-hybridized carbons (Fsp3) is 0.917. The van der Waals surface area contributed by atoms with E-state index in [-0.39, 0.29) is 0 Å². The number of hydrogen-bond acceptors (Lipinski definition) is 1. The van der Waals surface area contributed by atoms with Gasteiger partial charge in [0.15, 0.2) is 0 Å². The van der Waals surface area contributed by atoms with Crippen molar-refractivity contribution >= 4 is 5.78 Å². The smallest absolute Gasteiger partial charge is 0.135 e. The Bertz CT molecular complexity index is 176.